The monoisotopic (exact) mass is 297 g/mol. The number of nitrogens with zero attached hydrogens (tertiary/aromatic N) is 2. The molecule has 0 aromatic carbocycles. The van der Waals surface area contributed by atoms with Crippen LogP contribution in [0.1, 0.15) is 36.8 Å². The topological polar surface area (TPSA) is 60.9 Å². The zero-order chi connectivity index (χ0) is 12.6. The predicted molar refractivity (Wildman–Crippen MR) is 69.9 cm³/mol. The zero-order valence-corrected chi connectivity index (χ0v) is 11.5. The van der Waals surface area contributed by atoms with Crippen LogP contribution in [0.3, 0.4) is 0 Å². The number of nitrogens with two attached hydrogens (primary N) is 1. The molecule has 0 radical (unpaired) electrons. The van der Waals surface area contributed by atoms with E-state index in [0.717, 1.165) is 4.47 Å². The number of aromatic nitrogens is 2. The van der Waals surface area contributed by atoms with Crippen LogP contribution in [0.15, 0.2) is 22.8 Å². The summed E-state index contributed by atoms with van der Waals surface area (Å²) in [4.78, 5) is 12.4. The third kappa shape index (κ3) is 2.35. The molecule has 2 unspecified atom stereocenters. The first-order valence-electron chi connectivity index (χ1n) is 5.71. The quantitative estimate of drug-likeness (QED) is 0.688. The minimum atomic E-state index is -0.115. The lowest BCUT2D eigenvalue weighted by atomic mass is 10.00. The standard InChI is InChI=1S/C12H16BrN3O/c1-7(2)16-11(10(13)6-15-16)12(17)8-3-4-9(14)5-8/h3-4,6-9H,5,14H2,1-2H3. The molecule has 0 aliphatic heterocycles. The number of Topliss-reactive ketones (excluding diaryl/α,β-unsaturated/α-hetero) is 1. The highest BCUT2D eigenvalue weighted by atomic mass is 79.9. The molecule has 1 aromatic rings. The summed E-state index contributed by atoms with van der Waals surface area (Å²) in [5, 5.41) is 4.22. The fourth-order valence-corrected chi connectivity index (χ4v) is 2.53. The van der Waals surface area contributed by atoms with E-state index in [9.17, 15) is 4.79 Å². The van der Waals surface area contributed by atoms with E-state index in [-0.39, 0.29) is 23.8 Å². The van der Waals surface area contributed by atoms with Gasteiger partial charge in [-0.2, -0.15) is 5.10 Å². The van der Waals surface area contributed by atoms with Crippen molar-refractivity contribution in [2.24, 2.45) is 11.7 Å². The molecule has 0 amide bonds. The molecule has 0 spiro atoms. The van der Waals surface area contributed by atoms with E-state index in [4.69, 9.17) is 5.73 Å². The Kier molecular flexibility index (Phi) is 3.49. The molecule has 1 aromatic heterocycles. The average molecular weight is 298 g/mol. The number of hydrogen-bond acceptors (Lipinski definition) is 3. The van der Waals surface area contributed by atoms with Crippen LogP contribution >= 0.6 is 15.9 Å². The average Bonchev–Trinajstić information content (AvgIpc) is 2.83. The largest absolute Gasteiger partial charge is 0.324 e. The number of ketones is 1. The third-order valence-corrected chi connectivity index (χ3v) is 3.51. The van der Waals surface area contributed by atoms with Crippen molar-refractivity contribution in [2.75, 3.05) is 0 Å². The predicted octanol–water partition coefficient (Wildman–Crippen LogP) is 2.31. The highest BCUT2D eigenvalue weighted by Crippen LogP contribution is 2.27. The summed E-state index contributed by atoms with van der Waals surface area (Å²) < 4.78 is 2.51. The molecular weight excluding hydrogens is 282 g/mol. The summed E-state index contributed by atoms with van der Waals surface area (Å²) in [6.45, 7) is 4.01. The van der Waals surface area contributed by atoms with Gasteiger partial charge in [0.2, 0.25) is 0 Å². The molecule has 1 heterocycles. The highest BCUT2D eigenvalue weighted by molar-refractivity contribution is 9.10. The van der Waals surface area contributed by atoms with Gasteiger partial charge in [0.05, 0.1) is 10.7 Å². The van der Waals surface area contributed by atoms with Gasteiger partial charge in [-0.05, 0) is 36.2 Å². The number of carbonyl (C=O) groups excluding carboxylic acids is 1. The molecule has 92 valence electrons. The van der Waals surface area contributed by atoms with Crippen molar-refractivity contribution in [3.05, 3.63) is 28.5 Å². The number of carbonyl (C=O) groups is 1. The summed E-state index contributed by atoms with van der Waals surface area (Å²) in [7, 11) is 0. The first-order chi connectivity index (χ1) is 8.00. The third-order valence-electron chi connectivity index (χ3n) is 2.93. The van der Waals surface area contributed by atoms with Crippen molar-refractivity contribution in [1.29, 1.82) is 0 Å². The molecule has 0 saturated heterocycles. The second kappa shape index (κ2) is 4.74. The maximum Gasteiger partial charge on any atom is 0.188 e. The SMILES string of the molecule is CC(C)n1ncc(Br)c1C(=O)C1C=CC(N)C1. The van der Waals surface area contributed by atoms with Crippen LogP contribution in [-0.2, 0) is 0 Å². The van der Waals surface area contributed by atoms with E-state index in [1.165, 1.54) is 0 Å². The fraction of sp³-hybridized carbons (Fsp3) is 0.500. The Morgan fingerprint density at radius 3 is 2.82 bits per heavy atom. The molecule has 17 heavy (non-hydrogen) atoms. The minimum Gasteiger partial charge on any atom is -0.324 e. The van der Waals surface area contributed by atoms with Crippen LogP contribution in [0, 0.1) is 5.92 Å². The van der Waals surface area contributed by atoms with Gasteiger partial charge in [0.1, 0.15) is 5.69 Å². The van der Waals surface area contributed by atoms with Crippen molar-refractivity contribution in [2.45, 2.75) is 32.4 Å². The van der Waals surface area contributed by atoms with Crippen molar-refractivity contribution in [3.63, 3.8) is 0 Å². The van der Waals surface area contributed by atoms with E-state index in [1.807, 2.05) is 26.0 Å². The van der Waals surface area contributed by atoms with Gasteiger partial charge in [-0.1, -0.05) is 12.2 Å². The number of allylic oxidation sites excluding steroid dienone is 1. The molecule has 1 aliphatic carbocycles. The van der Waals surface area contributed by atoms with Crippen molar-refractivity contribution in [3.8, 4) is 0 Å². The smallest absolute Gasteiger partial charge is 0.188 e. The molecule has 1 aliphatic rings. The molecule has 5 heteroatoms. The van der Waals surface area contributed by atoms with Crippen molar-refractivity contribution >= 4 is 21.7 Å². The second-order valence-corrected chi connectivity index (χ2v) is 5.49. The van der Waals surface area contributed by atoms with E-state index < -0.39 is 0 Å². The maximum absolute atomic E-state index is 12.4. The first kappa shape index (κ1) is 12.5. The van der Waals surface area contributed by atoms with E-state index in [0.29, 0.717) is 12.1 Å². The van der Waals surface area contributed by atoms with Gasteiger partial charge in [-0.25, -0.2) is 0 Å². The van der Waals surface area contributed by atoms with Gasteiger partial charge in [-0.3, -0.25) is 9.48 Å². The Morgan fingerprint density at radius 1 is 1.59 bits per heavy atom. The van der Waals surface area contributed by atoms with Gasteiger partial charge in [0.25, 0.3) is 0 Å². The van der Waals surface area contributed by atoms with E-state index >= 15 is 0 Å². The summed E-state index contributed by atoms with van der Waals surface area (Å²) in [6.07, 6.45) is 6.16. The summed E-state index contributed by atoms with van der Waals surface area (Å²) in [5.74, 6) is -0.0252. The first-order valence-corrected chi connectivity index (χ1v) is 6.51. The minimum absolute atomic E-state index is 0.00172. The van der Waals surface area contributed by atoms with E-state index in [1.54, 1.807) is 10.9 Å². The molecule has 0 fully saturated rings. The second-order valence-electron chi connectivity index (χ2n) is 4.63. The zero-order valence-electron chi connectivity index (χ0n) is 9.93. The van der Waals surface area contributed by atoms with Gasteiger partial charge >= 0.3 is 0 Å². The van der Waals surface area contributed by atoms with Crippen LogP contribution in [0.2, 0.25) is 0 Å². The molecular formula is C12H16BrN3O. The van der Waals surface area contributed by atoms with Crippen LogP contribution in [0.25, 0.3) is 0 Å². The Labute approximate surface area is 109 Å². The van der Waals surface area contributed by atoms with Gasteiger partial charge in [-0.15, -0.1) is 0 Å². The fourth-order valence-electron chi connectivity index (χ4n) is 2.06. The lowest BCUT2D eigenvalue weighted by molar-refractivity contribution is 0.0929. The van der Waals surface area contributed by atoms with Gasteiger partial charge in [0, 0.05) is 18.0 Å². The van der Waals surface area contributed by atoms with Crippen molar-refractivity contribution in [1.82, 2.24) is 9.78 Å². The summed E-state index contributed by atoms with van der Waals surface area (Å²) in [6, 6.07) is 0.164. The van der Waals surface area contributed by atoms with E-state index in [2.05, 4.69) is 21.0 Å². The summed E-state index contributed by atoms with van der Waals surface area (Å²) in [5.41, 5.74) is 6.42. The highest BCUT2D eigenvalue weighted by Gasteiger charge is 2.28. The lowest BCUT2D eigenvalue weighted by Crippen LogP contribution is -2.22. The lowest BCUT2D eigenvalue weighted by Gasteiger charge is -2.13. The maximum atomic E-state index is 12.4. The molecule has 2 N–H and O–H groups in total. The molecule has 2 rings (SSSR count). The Bertz CT molecular complexity index is 464. The van der Waals surface area contributed by atoms with Crippen molar-refractivity contribution < 1.29 is 4.79 Å². The molecule has 4 nitrogen and oxygen atoms in total. The number of halogens is 1. The van der Waals surface area contributed by atoms with Crippen LogP contribution in [0.4, 0.5) is 0 Å². The Morgan fingerprint density at radius 2 is 2.29 bits per heavy atom. The van der Waals surface area contributed by atoms with Crippen LogP contribution < -0.4 is 5.73 Å². The Balaban J connectivity index is 2.31. The Hall–Kier alpha value is -0.940. The molecule has 2 atom stereocenters. The summed E-state index contributed by atoms with van der Waals surface area (Å²) >= 11 is 3.39. The van der Waals surface area contributed by atoms with Crippen LogP contribution in [-0.4, -0.2) is 21.6 Å². The normalized spacial score (nSPS) is 23.6. The molecule has 0 bridgehead atoms. The van der Waals surface area contributed by atoms with Gasteiger partial charge in [0.15, 0.2) is 5.78 Å². The van der Waals surface area contributed by atoms with Gasteiger partial charge < -0.3 is 5.73 Å². The van der Waals surface area contributed by atoms with Crippen LogP contribution in [0.5, 0.6) is 0 Å². The number of rotatable bonds is 3. The molecule has 0 saturated carbocycles. The number of hydrogen-bond donors (Lipinski definition) is 1.